The Morgan fingerprint density at radius 3 is 2.41 bits per heavy atom. The molecule has 0 aliphatic heterocycles. The molecule has 0 aliphatic carbocycles. The zero-order valence-electron chi connectivity index (χ0n) is 16.6. The second-order valence-corrected chi connectivity index (χ2v) is 8.34. The van der Waals surface area contributed by atoms with Gasteiger partial charge in [0.25, 0.3) is 0 Å². The lowest BCUT2D eigenvalue weighted by molar-refractivity contribution is -0.115. The van der Waals surface area contributed by atoms with Gasteiger partial charge in [-0.15, -0.1) is 11.8 Å². The molecule has 27 heavy (non-hydrogen) atoms. The number of benzene rings is 2. The molecule has 2 aromatic carbocycles. The Morgan fingerprint density at radius 1 is 0.926 bits per heavy atom. The fourth-order valence-corrected chi connectivity index (χ4v) is 4.22. The van der Waals surface area contributed by atoms with Crippen LogP contribution in [0.1, 0.15) is 34.2 Å². The number of hydrogen-bond acceptors (Lipinski definition) is 3. The average molecular weight is 379 g/mol. The quantitative estimate of drug-likeness (QED) is 0.562. The Labute approximate surface area is 165 Å². The lowest BCUT2D eigenvalue weighted by Gasteiger charge is -2.10. The van der Waals surface area contributed by atoms with Gasteiger partial charge in [0, 0.05) is 23.2 Å². The molecule has 4 heteroatoms. The number of nitrogens with zero attached hydrogens (tertiary/aromatic N) is 1. The molecule has 1 aromatic heterocycles. The van der Waals surface area contributed by atoms with Crippen LogP contribution in [-0.2, 0) is 4.79 Å². The minimum absolute atomic E-state index is 0.0405. The molecule has 1 heterocycles. The summed E-state index contributed by atoms with van der Waals surface area (Å²) < 4.78 is 0. The van der Waals surface area contributed by atoms with E-state index in [1.165, 1.54) is 27.6 Å². The summed E-state index contributed by atoms with van der Waals surface area (Å²) >= 11 is 1.64. The number of carbonyl (C=O) groups is 1. The molecule has 0 spiro atoms. The van der Waals surface area contributed by atoms with Gasteiger partial charge in [-0.1, -0.05) is 29.3 Å². The third-order valence-corrected chi connectivity index (χ3v) is 5.58. The molecule has 0 radical (unpaired) electrons. The van der Waals surface area contributed by atoms with Gasteiger partial charge >= 0.3 is 0 Å². The van der Waals surface area contributed by atoms with Gasteiger partial charge in [-0.3, -0.25) is 4.79 Å². The molecule has 3 rings (SSSR count). The lowest BCUT2D eigenvalue weighted by atomic mass is 10.0. The van der Waals surface area contributed by atoms with E-state index in [2.05, 4.69) is 57.3 Å². The normalized spacial score (nSPS) is 11.0. The molecule has 0 atom stereocenters. The third kappa shape index (κ3) is 4.69. The van der Waals surface area contributed by atoms with Gasteiger partial charge < -0.3 is 5.32 Å². The number of anilines is 1. The summed E-state index contributed by atoms with van der Waals surface area (Å²) in [5.74, 6) is 0.748. The van der Waals surface area contributed by atoms with Crippen molar-refractivity contribution in [2.45, 2.75) is 46.1 Å². The number of aromatic nitrogens is 1. The summed E-state index contributed by atoms with van der Waals surface area (Å²) in [6, 6.07) is 12.5. The third-order valence-electron chi connectivity index (χ3n) is 4.67. The highest BCUT2D eigenvalue weighted by molar-refractivity contribution is 7.99. The van der Waals surface area contributed by atoms with E-state index in [4.69, 9.17) is 4.98 Å². The predicted molar refractivity (Wildman–Crippen MR) is 116 cm³/mol. The molecule has 0 saturated heterocycles. The first-order chi connectivity index (χ1) is 12.8. The number of thioether (sulfide) groups is 1. The Balaban J connectivity index is 1.64. The Hall–Kier alpha value is -2.33. The van der Waals surface area contributed by atoms with Gasteiger partial charge in [-0.05, 0) is 69.5 Å². The highest BCUT2D eigenvalue weighted by atomic mass is 32.2. The van der Waals surface area contributed by atoms with Gasteiger partial charge in [-0.2, -0.15) is 0 Å². The molecule has 0 saturated carbocycles. The summed E-state index contributed by atoms with van der Waals surface area (Å²) in [6.07, 6.45) is 0.462. The van der Waals surface area contributed by atoms with E-state index in [0.717, 1.165) is 21.8 Å². The van der Waals surface area contributed by atoms with Crippen LogP contribution in [0.2, 0.25) is 0 Å². The topological polar surface area (TPSA) is 42.0 Å². The van der Waals surface area contributed by atoms with Gasteiger partial charge in [-0.25, -0.2) is 4.98 Å². The Kier molecular flexibility index (Phi) is 5.85. The maximum absolute atomic E-state index is 12.3. The first-order valence-electron chi connectivity index (χ1n) is 9.22. The summed E-state index contributed by atoms with van der Waals surface area (Å²) in [5.41, 5.74) is 7.92. The van der Waals surface area contributed by atoms with Crippen molar-refractivity contribution in [2.75, 3.05) is 11.1 Å². The van der Waals surface area contributed by atoms with E-state index < -0.39 is 0 Å². The molecule has 0 bridgehead atoms. The van der Waals surface area contributed by atoms with Crippen LogP contribution in [0.25, 0.3) is 10.9 Å². The fourth-order valence-electron chi connectivity index (χ4n) is 3.30. The summed E-state index contributed by atoms with van der Waals surface area (Å²) in [7, 11) is 0. The first kappa shape index (κ1) is 19.4. The van der Waals surface area contributed by atoms with E-state index in [1.54, 1.807) is 11.8 Å². The highest BCUT2D eigenvalue weighted by Gasteiger charge is 2.09. The summed E-state index contributed by atoms with van der Waals surface area (Å²) in [6.45, 7) is 10.4. The molecule has 140 valence electrons. The molecular formula is C23H26N2OS. The van der Waals surface area contributed by atoms with Gasteiger partial charge in [0.2, 0.25) is 5.91 Å². The maximum Gasteiger partial charge on any atom is 0.225 e. The number of nitrogens with one attached hydrogen (secondary N) is 1. The number of fused-ring (bicyclic) bond motifs is 1. The minimum atomic E-state index is 0.0405. The van der Waals surface area contributed by atoms with Crippen LogP contribution in [0.3, 0.4) is 0 Å². The lowest BCUT2D eigenvalue weighted by Crippen LogP contribution is -2.13. The smallest absolute Gasteiger partial charge is 0.225 e. The van der Waals surface area contributed by atoms with Crippen molar-refractivity contribution in [3.63, 3.8) is 0 Å². The minimum Gasteiger partial charge on any atom is -0.326 e. The maximum atomic E-state index is 12.3. The fraction of sp³-hybridized carbons (Fsp3) is 0.304. The number of rotatable bonds is 5. The molecule has 0 fully saturated rings. The summed E-state index contributed by atoms with van der Waals surface area (Å²) in [5, 5.41) is 5.20. The van der Waals surface area contributed by atoms with Gasteiger partial charge in [0.05, 0.1) is 10.5 Å². The zero-order valence-corrected chi connectivity index (χ0v) is 17.5. The van der Waals surface area contributed by atoms with E-state index in [-0.39, 0.29) is 5.91 Å². The summed E-state index contributed by atoms with van der Waals surface area (Å²) in [4.78, 5) is 17.1. The molecule has 3 nitrogen and oxygen atoms in total. The average Bonchev–Trinajstić information content (AvgIpc) is 2.58. The van der Waals surface area contributed by atoms with E-state index in [9.17, 15) is 4.79 Å². The first-order valence-corrected chi connectivity index (χ1v) is 10.2. The van der Waals surface area contributed by atoms with Crippen LogP contribution in [0.15, 0.2) is 41.4 Å². The molecule has 1 N–H and O–H groups in total. The molecule has 0 aliphatic rings. The molecular weight excluding hydrogens is 352 g/mol. The van der Waals surface area contributed by atoms with Crippen LogP contribution in [-0.4, -0.2) is 16.6 Å². The van der Waals surface area contributed by atoms with Crippen LogP contribution in [0.5, 0.6) is 0 Å². The van der Waals surface area contributed by atoms with Gasteiger partial charge in [0.15, 0.2) is 0 Å². The van der Waals surface area contributed by atoms with Crippen LogP contribution >= 0.6 is 11.8 Å². The van der Waals surface area contributed by atoms with Crippen LogP contribution in [0.4, 0.5) is 5.69 Å². The van der Waals surface area contributed by atoms with Crippen molar-refractivity contribution >= 4 is 34.3 Å². The standard InChI is InChI=1S/C23H26N2OS/c1-14-6-7-20(17(4)10-14)24-21(26)8-9-27-22-13-16(3)19-12-15(2)11-18(5)23(19)25-22/h6-7,10-13H,8-9H2,1-5H3,(H,24,26). The van der Waals surface area contributed by atoms with Crippen molar-refractivity contribution in [1.82, 2.24) is 4.98 Å². The largest absolute Gasteiger partial charge is 0.326 e. The SMILES string of the molecule is Cc1ccc(NC(=O)CCSc2cc(C)c3cc(C)cc(C)c3n2)c(C)c1. The molecule has 0 unspecified atom stereocenters. The van der Waals surface area contributed by atoms with Crippen LogP contribution < -0.4 is 5.32 Å². The van der Waals surface area contributed by atoms with Crippen molar-refractivity contribution in [2.24, 2.45) is 0 Å². The second kappa shape index (κ2) is 8.13. The number of hydrogen-bond donors (Lipinski definition) is 1. The van der Waals surface area contributed by atoms with Crippen molar-refractivity contribution in [3.8, 4) is 0 Å². The molecule has 1 amide bonds. The second-order valence-electron chi connectivity index (χ2n) is 7.22. The van der Waals surface area contributed by atoms with Crippen molar-refractivity contribution in [3.05, 3.63) is 64.2 Å². The van der Waals surface area contributed by atoms with E-state index in [0.29, 0.717) is 12.2 Å². The van der Waals surface area contributed by atoms with E-state index in [1.807, 2.05) is 19.1 Å². The van der Waals surface area contributed by atoms with E-state index >= 15 is 0 Å². The molecule has 3 aromatic rings. The number of pyridine rings is 1. The predicted octanol–water partition coefficient (Wildman–Crippen LogP) is 5.90. The van der Waals surface area contributed by atoms with Gasteiger partial charge in [0.1, 0.15) is 0 Å². The highest BCUT2D eigenvalue weighted by Crippen LogP contribution is 2.27. The Bertz CT molecular complexity index is 1010. The van der Waals surface area contributed by atoms with Crippen molar-refractivity contribution in [1.29, 1.82) is 0 Å². The number of carbonyl (C=O) groups excluding carboxylic acids is 1. The van der Waals surface area contributed by atoms with Crippen LogP contribution in [0, 0.1) is 34.6 Å². The number of aryl methyl sites for hydroxylation is 5. The Morgan fingerprint density at radius 2 is 1.67 bits per heavy atom. The number of amides is 1. The van der Waals surface area contributed by atoms with Crippen molar-refractivity contribution < 1.29 is 4.79 Å². The zero-order chi connectivity index (χ0) is 19.6. The monoisotopic (exact) mass is 378 g/mol.